The van der Waals surface area contributed by atoms with Gasteiger partial charge in [0.2, 0.25) is 0 Å². The monoisotopic (exact) mass is 1430 g/mol. The largest absolute Gasteiger partial charge is 0.691 e. The van der Waals surface area contributed by atoms with Crippen molar-refractivity contribution in [1.29, 1.82) is 0 Å². The lowest BCUT2D eigenvalue weighted by Gasteiger charge is -2.34. The minimum absolute atomic E-state index is 0.117. The van der Waals surface area contributed by atoms with Crippen LogP contribution in [0.2, 0.25) is 0 Å². The highest BCUT2D eigenvalue weighted by atomic mass is 32.2. The van der Waals surface area contributed by atoms with Crippen LogP contribution in [0, 0.1) is 17.8 Å². The first-order chi connectivity index (χ1) is 44.4. The summed E-state index contributed by atoms with van der Waals surface area (Å²) in [5.74, 6) is -5.21. The summed E-state index contributed by atoms with van der Waals surface area (Å²) in [6.07, 6.45) is 17.1. The molecule has 0 spiro atoms. The molecule has 5 fully saturated rings. The van der Waals surface area contributed by atoms with Crippen LogP contribution in [0.4, 0.5) is 43.9 Å². The van der Waals surface area contributed by atoms with E-state index >= 15 is 0 Å². The average Bonchev–Trinajstić information content (AvgIpc) is 1.29. The summed E-state index contributed by atoms with van der Waals surface area (Å²) in [5, 5.41) is 12.7. The van der Waals surface area contributed by atoms with Gasteiger partial charge in [-0.05, 0) is 167 Å². The van der Waals surface area contributed by atoms with Crippen molar-refractivity contribution in [2.75, 3.05) is 36.2 Å². The lowest BCUT2D eigenvalue weighted by Crippen LogP contribution is -2.57. The summed E-state index contributed by atoms with van der Waals surface area (Å²) < 4.78 is 181. The number of hydrogen-bond acceptors (Lipinski definition) is 13. The molecule has 3 saturated carbocycles. The van der Waals surface area contributed by atoms with Crippen LogP contribution in [0.5, 0.6) is 17.2 Å². The van der Waals surface area contributed by atoms with Gasteiger partial charge < -0.3 is 24.2 Å². The fraction of sp³-hybridized carbons (Fsp3) is 0.515. The van der Waals surface area contributed by atoms with Crippen LogP contribution in [0.3, 0.4) is 0 Å². The van der Waals surface area contributed by atoms with Crippen LogP contribution in [0.25, 0.3) is 21.5 Å². The third-order valence-corrected chi connectivity index (χ3v) is 24.7. The minimum Gasteiger partial charge on any atom is -0.691 e. The first kappa shape index (κ1) is 76.4. The minimum atomic E-state index is -6.57. The Hall–Kier alpha value is -4.00. The van der Waals surface area contributed by atoms with Crippen LogP contribution in [0.15, 0.2) is 142 Å². The summed E-state index contributed by atoms with van der Waals surface area (Å²) in [5.41, 5.74) is 0.782. The van der Waals surface area contributed by atoms with Gasteiger partial charge in [0.25, 0.3) is 0 Å². The number of rotatable bonds is 24. The molecule has 3 atom stereocenters. The van der Waals surface area contributed by atoms with Gasteiger partial charge in [-0.25, -0.2) is 0 Å². The van der Waals surface area contributed by atoms with E-state index in [9.17, 15) is 62.8 Å². The van der Waals surface area contributed by atoms with Crippen LogP contribution in [-0.4, -0.2) is 72.3 Å². The van der Waals surface area contributed by atoms with Crippen LogP contribution in [-0.2, 0) is 63.3 Å². The first-order valence-corrected chi connectivity index (χ1v) is 37.6. The summed E-state index contributed by atoms with van der Waals surface area (Å²) in [4.78, 5) is 4.24. The highest BCUT2D eigenvalue weighted by molar-refractivity contribution is 7.97. The Morgan fingerprint density at radius 3 is 1.42 bits per heavy atom. The fourth-order valence-electron chi connectivity index (χ4n) is 11.9. The Kier molecular flexibility index (Phi) is 29.6. The number of halogens is 10. The molecule has 3 unspecified atom stereocenters. The molecule has 11 rings (SSSR count). The van der Waals surface area contributed by atoms with Gasteiger partial charge >= 0.3 is 37.7 Å². The second-order valence-electron chi connectivity index (χ2n) is 23.1. The van der Waals surface area contributed by atoms with E-state index in [0.717, 1.165) is 98.7 Å². The van der Waals surface area contributed by atoms with Crippen molar-refractivity contribution in [1.82, 2.24) is 0 Å². The molecule has 5 aliphatic rings. The molecule has 11 nitrogen and oxygen atoms in total. The summed E-state index contributed by atoms with van der Waals surface area (Å²) in [6.45, 7) is 6.05. The van der Waals surface area contributed by atoms with E-state index in [1.807, 2.05) is 30.3 Å². The normalized spacial score (nSPS) is 19.0. The van der Waals surface area contributed by atoms with E-state index in [4.69, 9.17) is 9.47 Å². The van der Waals surface area contributed by atoms with Gasteiger partial charge in [-0.3, -0.25) is 10.1 Å². The number of hydrogen-bond donors (Lipinski definition) is 0. The van der Waals surface area contributed by atoms with E-state index in [1.165, 1.54) is 95.2 Å². The fourth-order valence-corrected chi connectivity index (χ4v) is 18.8. The highest BCUT2D eigenvalue weighted by Gasteiger charge is 2.80. The Balaban J connectivity index is 0.000000172. The zero-order valence-electron chi connectivity index (χ0n) is 51.5. The smallest absolute Gasteiger partial charge is 0.450 e. The zero-order chi connectivity index (χ0) is 67.3. The van der Waals surface area contributed by atoms with Crippen molar-refractivity contribution in [3.05, 3.63) is 133 Å². The summed E-state index contributed by atoms with van der Waals surface area (Å²) in [7, 11) is -5.64. The Morgan fingerprint density at radius 2 is 1.00 bits per heavy atom. The molecular formula is C66H79F10O11S6+. The van der Waals surface area contributed by atoms with E-state index in [0.29, 0.717) is 34.6 Å². The maximum Gasteiger partial charge on any atom is 0.450 e. The second-order valence-corrected chi connectivity index (χ2v) is 31.4. The summed E-state index contributed by atoms with van der Waals surface area (Å²) in [6, 6.07) is 41.2. The molecule has 2 heterocycles. The Labute approximate surface area is 557 Å². The molecule has 514 valence electrons. The number of unbranched alkanes of at least 4 members (excludes halogenated alkanes) is 2. The van der Waals surface area contributed by atoms with Crippen molar-refractivity contribution in [2.45, 2.75) is 171 Å². The lowest BCUT2D eigenvalue weighted by atomic mass is 9.84. The number of alkyl halides is 10. The predicted octanol–water partition coefficient (Wildman–Crippen LogP) is 17.3. The number of benzene rings is 6. The van der Waals surface area contributed by atoms with E-state index in [1.54, 1.807) is 9.79 Å². The number of ether oxygens (including phenoxy) is 2. The van der Waals surface area contributed by atoms with Gasteiger partial charge in [0.05, 0.1) is 13.2 Å². The second kappa shape index (κ2) is 36.0. The van der Waals surface area contributed by atoms with Crippen molar-refractivity contribution in [3.8, 4) is 17.2 Å². The van der Waals surface area contributed by atoms with Crippen LogP contribution < -0.4 is 24.2 Å². The Morgan fingerprint density at radius 1 is 0.538 bits per heavy atom. The first-order valence-electron chi connectivity index (χ1n) is 31.1. The third-order valence-electron chi connectivity index (χ3n) is 16.8. The standard InChI is InChI=1S/2C18H23OS.C15H16F6O6S2.C9H12F4O3S.C6H6S/c2*1-2-3-12-19-17-10-11-18(20-13-6-7-14-20)16-9-5-4-8-15(16)17;16-13(17,14(18,19)28-27-26-22)15(20,21)29(23,24)25-12-8-6-11(7-9-12)10-4-2-1-3-5-10;10-8(11,9(12,13)17-16-15-14)7-4-5-1-2-6(7)3-5;7-6-4-2-1-3-5-6/h2*4-5,8-11H,2-3,6-7,12-14H2,1H3;6-10,22H,1-5H2;5-7,14H,1-4H2;1-5,7H/q2*+1;;;/p-1. The Bertz CT molecular complexity index is 3220. The molecule has 2 aliphatic heterocycles. The van der Waals surface area contributed by atoms with Crippen molar-refractivity contribution in [3.63, 3.8) is 0 Å². The molecule has 0 radical (unpaired) electrons. The molecule has 6 aromatic carbocycles. The van der Waals surface area contributed by atoms with Crippen LogP contribution in [0.1, 0.15) is 134 Å². The van der Waals surface area contributed by atoms with Gasteiger partial charge in [-0.15, -0.1) is 0 Å². The molecule has 2 saturated heterocycles. The van der Waals surface area contributed by atoms with Gasteiger partial charge in [-0.1, -0.05) is 119 Å². The van der Waals surface area contributed by atoms with E-state index in [2.05, 4.69) is 122 Å². The molecule has 93 heavy (non-hydrogen) atoms. The molecule has 27 heteroatoms. The molecule has 6 aromatic rings. The van der Waals surface area contributed by atoms with E-state index in [-0.39, 0.29) is 24.2 Å². The van der Waals surface area contributed by atoms with Crippen molar-refractivity contribution < 1.29 is 95.2 Å². The molecule has 2 bridgehead atoms. The highest BCUT2D eigenvalue weighted by Crippen LogP contribution is 2.60. The molecule has 0 N–H and O–H groups in total. The van der Waals surface area contributed by atoms with Crippen molar-refractivity contribution >= 4 is 90.2 Å². The molecule has 0 aromatic heterocycles. The van der Waals surface area contributed by atoms with Crippen LogP contribution >= 0.6 is 24.1 Å². The molecular weight excluding hydrogens is 1350 g/mol. The average molecular weight is 1430 g/mol. The van der Waals surface area contributed by atoms with Gasteiger partial charge in [-0.2, -0.15) is 61.0 Å². The van der Waals surface area contributed by atoms with Crippen molar-refractivity contribution in [2.24, 2.45) is 17.8 Å². The maximum atomic E-state index is 13.8. The van der Waals surface area contributed by atoms with Gasteiger partial charge in [0, 0.05) is 49.3 Å². The number of fused-ring (bicyclic) bond motifs is 4. The van der Waals surface area contributed by atoms with Gasteiger partial charge in [0.15, 0.2) is 9.79 Å². The zero-order valence-corrected chi connectivity index (χ0v) is 56.6. The topological polar surface area (TPSA) is 145 Å². The lowest BCUT2D eigenvalue weighted by molar-refractivity contribution is -0.777. The van der Waals surface area contributed by atoms with E-state index < -0.39 is 73.5 Å². The maximum absolute atomic E-state index is 13.8. The van der Waals surface area contributed by atoms with Gasteiger partial charge in [0.1, 0.15) is 69.2 Å². The molecule has 0 amide bonds. The summed E-state index contributed by atoms with van der Waals surface area (Å²) >= 11 is 0.673. The third kappa shape index (κ3) is 20.1. The SMILES string of the molecule is CCCCOc1ccc([S+]2CCCC2)c2ccccc12.CCCCOc1ccc([S+]2CCCC2)c2ccccc12.O=S(=O)(Oc1ccc(C2CCCCC2)cc1)C(F)(F)C(F)(F)C(F)(F)SOO[O-].[O-]OOSC(F)(F)C(F)(F)C1CC2CCC1C2.[SH2+]c1ccccc1. The predicted molar refractivity (Wildman–Crippen MR) is 348 cm³/mol. The molecule has 3 aliphatic carbocycles. The quantitative estimate of drug-likeness (QED) is 0.0108.